The minimum atomic E-state index is -0.312. The normalized spacial score (nSPS) is 15.8. The van der Waals surface area contributed by atoms with Gasteiger partial charge in [0, 0.05) is 34.1 Å². The molecule has 1 heterocycles. The van der Waals surface area contributed by atoms with Gasteiger partial charge in [-0.2, -0.15) is 0 Å². The van der Waals surface area contributed by atoms with E-state index in [-0.39, 0.29) is 21.9 Å². The van der Waals surface area contributed by atoms with Crippen LogP contribution in [-0.4, -0.2) is 9.91 Å². The number of non-ortho nitro benzene ring substituents is 1. The smallest absolute Gasteiger partial charge is 0.258 e. The molecule has 4 nitrogen and oxygen atoms in total. The fourth-order valence-corrected chi connectivity index (χ4v) is 6.43. The molecule has 6 aromatic rings. The van der Waals surface area contributed by atoms with Crippen molar-refractivity contribution >= 4 is 49.7 Å². The summed E-state index contributed by atoms with van der Waals surface area (Å²) in [5, 5.41) is 18.0. The zero-order valence-electron chi connectivity index (χ0n) is 22.5. The average Bonchev–Trinajstić information content (AvgIpc) is 2.97. The van der Waals surface area contributed by atoms with Gasteiger partial charge in [0.25, 0.3) is 5.69 Å². The molecule has 198 valence electrons. The van der Waals surface area contributed by atoms with Gasteiger partial charge < -0.3 is 0 Å². The van der Waals surface area contributed by atoms with Crippen molar-refractivity contribution in [1.82, 2.24) is 4.98 Å². The Bertz CT molecular complexity index is 1830. The van der Waals surface area contributed by atoms with E-state index < -0.39 is 0 Å². The number of pyridine rings is 1. The molecule has 5 aromatic carbocycles. The van der Waals surface area contributed by atoms with E-state index in [4.69, 9.17) is 11.6 Å². The highest BCUT2D eigenvalue weighted by molar-refractivity contribution is 6.37. The van der Waals surface area contributed by atoms with Crippen molar-refractivity contribution in [2.75, 3.05) is 0 Å². The number of rotatable bonds is 2. The van der Waals surface area contributed by atoms with Crippen LogP contribution in [0.3, 0.4) is 0 Å². The van der Waals surface area contributed by atoms with E-state index in [0.717, 1.165) is 34.3 Å². The van der Waals surface area contributed by atoms with Gasteiger partial charge in [-0.1, -0.05) is 98.2 Å². The highest BCUT2D eigenvalue weighted by Crippen LogP contribution is 2.48. The van der Waals surface area contributed by atoms with E-state index in [0.29, 0.717) is 0 Å². The third-order valence-corrected chi connectivity index (χ3v) is 8.51. The van der Waals surface area contributed by atoms with Gasteiger partial charge in [0.1, 0.15) is 0 Å². The van der Waals surface area contributed by atoms with Gasteiger partial charge in [0.05, 0.1) is 10.4 Å². The van der Waals surface area contributed by atoms with Gasteiger partial charge >= 0.3 is 0 Å². The molecular weight excluding hydrogens is 516 g/mol. The number of benzene rings is 5. The summed E-state index contributed by atoms with van der Waals surface area (Å²) in [5.41, 5.74) is 4.89. The maximum Gasteiger partial charge on any atom is 0.269 e. The molecule has 1 aromatic heterocycles. The number of nitro groups is 1. The lowest BCUT2D eigenvalue weighted by atomic mass is 9.63. The van der Waals surface area contributed by atoms with Crippen molar-refractivity contribution in [1.29, 1.82) is 0 Å². The number of para-hydroxylation sites is 1. The van der Waals surface area contributed by atoms with Gasteiger partial charge in [-0.25, -0.2) is 0 Å². The van der Waals surface area contributed by atoms with Gasteiger partial charge in [-0.15, -0.1) is 0 Å². The summed E-state index contributed by atoms with van der Waals surface area (Å²) in [7, 11) is 0. The molecule has 0 saturated carbocycles. The largest absolute Gasteiger partial charge is 0.269 e. The van der Waals surface area contributed by atoms with Crippen LogP contribution in [0.1, 0.15) is 36.5 Å². The zero-order chi connectivity index (χ0) is 27.9. The molecule has 1 aliphatic carbocycles. The van der Waals surface area contributed by atoms with Crippen molar-refractivity contribution in [3.63, 3.8) is 0 Å². The summed E-state index contributed by atoms with van der Waals surface area (Å²) in [6.45, 7) is 4.53. The summed E-state index contributed by atoms with van der Waals surface area (Å²) < 4.78 is 0. The third-order valence-electron chi connectivity index (χ3n) is 8.20. The average molecular weight is 545 g/mol. The highest BCUT2D eigenvalue weighted by atomic mass is 35.5. The molecule has 1 aliphatic rings. The molecule has 7 rings (SSSR count). The first-order valence-electron chi connectivity index (χ1n) is 13.5. The Morgan fingerprint density at radius 2 is 1.55 bits per heavy atom. The Labute approximate surface area is 238 Å². The molecule has 1 atom stereocenters. The molecule has 0 saturated heterocycles. The maximum atomic E-state index is 11.3. The Hall–Kier alpha value is -4.28. The van der Waals surface area contributed by atoms with Crippen LogP contribution in [0.2, 0.25) is 5.02 Å². The van der Waals surface area contributed by atoms with Crippen LogP contribution in [0.4, 0.5) is 5.69 Å². The molecule has 0 spiro atoms. The topological polar surface area (TPSA) is 56.0 Å². The minimum Gasteiger partial charge on any atom is -0.258 e. The first-order chi connectivity index (χ1) is 19.3. The predicted octanol–water partition coefficient (Wildman–Crippen LogP) is 9.70. The molecule has 0 amide bonds. The zero-order valence-corrected chi connectivity index (χ0v) is 23.2. The molecule has 5 heteroatoms. The molecule has 0 aliphatic heterocycles. The second-order valence-electron chi connectivity index (χ2n) is 11.2. The van der Waals surface area contributed by atoms with Crippen LogP contribution in [0, 0.1) is 15.5 Å². The summed E-state index contributed by atoms with van der Waals surface area (Å²) >= 11 is 6.66. The van der Waals surface area contributed by atoms with Crippen molar-refractivity contribution in [2.24, 2.45) is 5.41 Å². The van der Waals surface area contributed by atoms with Crippen molar-refractivity contribution < 1.29 is 4.92 Å². The molecular formula is C35H29ClN2O2. The lowest BCUT2D eigenvalue weighted by Crippen LogP contribution is -2.31. The van der Waals surface area contributed by atoms with Crippen LogP contribution in [0.5, 0.6) is 0 Å². The molecule has 0 bridgehead atoms. The van der Waals surface area contributed by atoms with E-state index in [2.05, 4.69) is 67.4 Å². The number of hydrogen-bond donors (Lipinski definition) is 0. The number of aromatic nitrogens is 1. The molecule has 0 N–H and O–H groups in total. The van der Waals surface area contributed by atoms with Crippen LogP contribution < -0.4 is 0 Å². The van der Waals surface area contributed by atoms with Gasteiger partial charge in [0.2, 0.25) is 0 Å². The van der Waals surface area contributed by atoms with Gasteiger partial charge in [-0.3, -0.25) is 15.1 Å². The number of halogens is 1. The quantitative estimate of drug-likeness (QED) is 0.124. The highest BCUT2D eigenvalue weighted by Gasteiger charge is 2.37. The predicted molar refractivity (Wildman–Crippen MR) is 165 cm³/mol. The molecule has 0 fully saturated rings. The van der Waals surface area contributed by atoms with Crippen molar-refractivity contribution in [3.8, 4) is 0 Å². The minimum absolute atomic E-state index is 0.0331. The molecule has 1 unspecified atom stereocenters. The lowest BCUT2D eigenvalue weighted by molar-refractivity contribution is -0.384. The van der Waals surface area contributed by atoms with E-state index in [1.807, 2.05) is 42.6 Å². The van der Waals surface area contributed by atoms with Crippen LogP contribution in [-0.2, 0) is 12.8 Å². The van der Waals surface area contributed by atoms with Crippen molar-refractivity contribution in [3.05, 3.63) is 141 Å². The number of fused-ring (bicyclic) bond motifs is 6. The second kappa shape index (κ2) is 10.4. The molecule has 40 heavy (non-hydrogen) atoms. The summed E-state index contributed by atoms with van der Waals surface area (Å²) in [6, 6.07) is 34.0. The van der Waals surface area contributed by atoms with E-state index >= 15 is 0 Å². The fraction of sp³-hybridized carbons (Fsp3) is 0.171. The van der Waals surface area contributed by atoms with E-state index in [1.165, 1.54) is 32.7 Å². The van der Waals surface area contributed by atoms with Crippen LogP contribution in [0.15, 0.2) is 109 Å². The standard InChI is InChI=1S/C26H22ClNO2.C9H7N/c1-26(2)15-23-16(13-24(26)17-6-5-7-18(12-17)28(29)30)10-11-20-19-8-3-4-9-21(19)25(27)14-22(20)23;1-2-6-9-8(4-1)5-3-7-10-9/h3-12,14,24H,13,15H2,1-2H3;1-7H. The van der Waals surface area contributed by atoms with Gasteiger partial charge in [0.15, 0.2) is 0 Å². The summed E-state index contributed by atoms with van der Waals surface area (Å²) in [4.78, 5) is 15.1. The van der Waals surface area contributed by atoms with Crippen LogP contribution >= 0.6 is 11.6 Å². The van der Waals surface area contributed by atoms with Crippen LogP contribution in [0.25, 0.3) is 32.4 Å². The second-order valence-corrected chi connectivity index (χ2v) is 11.6. The Morgan fingerprint density at radius 3 is 2.35 bits per heavy atom. The monoisotopic (exact) mass is 544 g/mol. The van der Waals surface area contributed by atoms with E-state index in [1.54, 1.807) is 18.2 Å². The fourth-order valence-electron chi connectivity index (χ4n) is 6.16. The SMILES string of the molecule is CC1(C)Cc2c(ccc3c2cc(Cl)c2ccccc23)CC1c1cccc([N+](=O)[O-])c1.c1ccc2ncccc2c1. The van der Waals surface area contributed by atoms with Crippen molar-refractivity contribution in [2.45, 2.75) is 32.6 Å². The first-order valence-corrected chi connectivity index (χ1v) is 13.9. The van der Waals surface area contributed by atoms with E-state index in [9.17, 15) is 10.1 Å². The Kier molecular flexibility index (Phi) is 6.73. The third kappa shape index (κ3) is 4.80. The first kappa shape index (κ1) is 26.0. The molecule has 0 radical (unpaired) electrons. The van der Waals surface area contributed by atoms with Gasteiger partial charge in [-0.05, 0) is 75.2 Å². The lowest BCUT2D eigenvalue weighted by Gasteiger charge is -2.40. The Balaban J connectivity index is 0.000000242. The number of hydrogen-bond acceptors (Lipinski definition) is 3. The number of nitrogens with zero attached hydrogens (tertiary/aromatic N) is 2. The number of nitro benzene ring substituents is 1. The summed E-state index contributed by atoms with van der Waals surface area (Å²) in [6.07, 6.45) is 3.58. The Morgan fingerprint density at radius 1 is 0.825 bits per heavy atom. The summed E-state index contributed by atoms with van der Waals surface area (Å²) in [5.74, 6) is 0.221. The maximum absolute atomic E-state index is 11.3.